The minimum absolute atomic E-state index is 0.0272. The molecule has 1 rings (SSSR count). The van der Waals surface area contributed by atoms with Crippen LogP contribution in [0.25, 0.3) is 0 Å². The lowest BCUT2D eigenvalue weighted by molar-refractivity contribution is 0.159. The van der Waals surface area contributed by atoms with Crippen LogP contribution in [0.5, 0.6) is 0 Å². The molecule has 0 heterocycles. The van der Waals surface area contributed by atoms with E-state index in [1.807, 2.05) is 6.07 Å². The monoisotopic (exact) mass is 269 g/mol. The van der Waals surface area contributed by atoms with E-state index in [-0.39, 0.29) is 23.6 Å². The van der Waals surface area contributed by atoms with Gasteiger partial charge in [0.25, 0.3) is 0 Å². The molecule has 1 aromatic rings. The van der Waals surface area contributed by atoms with Gasteiger partial charge in [0.1, 0.15) is 6.61 Å². The molecule has 96 valence electrons. The molecule has 18 heavy (non-hydrogen) atoms. The fourth-order valence-corrected chi connectivity index (χ4v) is 2.20. The molecule has 1 aromatic carbocycles. The van der Waals surface area contributed by atoms with Gasteiger partial charge in [0.15, 0.2) is 0 Å². The van der Waals surface area contributed by atoms with E-state index < -0.39 is 16.1 Å². The first kappa shape index (κ1) is 14.0. The zero-order chi connectivity index (χ0) is 13.6. The molecular formula is C10H11N3O4S. The van der Waals surface area contributed by atoms with Crippen molar-refractivity contribution in [2.24, 2.45) is 5.73 Å². The van der Waals surface area contributed by atoms with E-state index in [1.54, 1.807) is 0 Å². The van der Waals surface area contributed by atoms with E-state index in [0.29, 0.717) is 0 Å². The molecule has 0 aromatic heterocycles. The maximum absolute atomic E-state index is 11.8. The van der Waals surface area contributed by atoms with Crippen molar-refractivity contribution in [3.63, 3.8) is 0 Å². The summed E-state index contributed by atoms with van der Waals surface area (Å²) in [4.78, 5) is 10.2. The van der Waals surface area contributed by atoms with Gasteiger partial charge < -0.3 is 10.5 Å². The van der Waals surface area contributed by atoms with Crippen LogP contribution < -0.4 is 10.5 Å². The average molecular weight is 269 g/mol. The number of hydrogen-bond donors (Lipinski definition) is 2. The van der Waals surface area contributed by atoms with E-state index in [0.717, 1.165) is 0 Å². The summed E-state index contributed by atoms with van der Waals surface area (Å²) >= 11 is 0. The number of benzene rings is 1. The molecule has 0 spiro atoms. The van der Waals surface area contributed by atoms with Crippen LogP contribution in [0.15, 0.2) is 29.2 Å². The summed E-state index contributed by atoms with van der Waals surface area (Å²) in [5, 5.41) is 8.67. The topological polar surface area (TPSA) is 122 Å². The van der Waals surface area contributed by atoms with Crippen LogP contribution in [0.3, 0.4) is 0 Å². The first-order chi connectivity index (χ1) is 8.45. The summed E-state index contributed by atoms with van der Waals surface area (Å²) < 4.78 is 30.1. The molecule has 3 N–H and O–H groups in total. The minimum Gasteiger partial charge on any atom is -0.448 e. The van der Waals surface area contributed by atoms with Gasteiger partial charge in [-0.05, 0) is 18.2 Å². The number of carbonyl (C=O) groups excluding carboxylic acids is 1. The lowest BCUT2D eigenvalue weighted by Crippen LogP contribution is -2.29. The summed E-state index contributed by atoms with van der Waals surface area (Å²) in [6, 6.07) is 7.41. The minimum atomic E-state index is -3.72. The van der Waals surface area contributed by atoms with Crippen LogP contribution in [-0.4, -0.2) is 27.7 Å². The molecule has 0 aliphatic heterocycles. The Bertz CT molecular complexity index is 577. The lowest BCUT2D eigenvalue weighted by Gasteiger charge is -2.06. The van der Waals surface area contributed by atoms with Crippen LogP contribution in [0.1, 0.15) is 5.56 Å². The van der Waals surface area contributed by atoms with Crippen molar-refractivity contribution in [2.75, 3.05) is 13.2 Å². The van der Waals surface area contributed by atoms with Crippen molar-refractivity contribution in [2.45, 2.75) is 4.90 Å². The maximum Gasteiger partial charge on any atom is 0.404 e. The molecule has 0 aliphatic rings. The first-order valence-electron chi connectivity index (χ1n) is 4.88. The third-order valence-corrected chi connectivity index (χ3v) is 3.37. The Morgan fingerprint density at radius 2 is 2.22 bits per heavy atom. The smallest absolute Gasteiger partial charge is 0.404 e. The second-order valence-electron chi connectivity index (χ2n) is 3.20. The second kappa shape index (κ2) is 6.00. The summed E-state index contributed by atoms with van der Waals surface area (Å²) in [6.07, 6.45) is -0.972. The van der Waals surface area contributed by atoms with Crippen molar-refractivity contribution >= 4 is 16.1 Å². The highest BCUT2D eigenvalue weighted by molar-refractivity contribution is 7.89. The van der Waals surface area contributed by atoms with Crippen molar-refractivity contribution in [3.8, 4) is 6.07 Å². The average Bonchev–Trinajstić information content (AvgIpc) is 2.34. The predicted octanol–water partition coefficient (Wildman–Crippen LogP) is -0.0681. The summed E-state index contributed by atoms with van der Waals surface area (Å²) in [7, 11) is -3.72. The van der Waals surface area contributed by atoms with Gasteiger partial charge in [-0.1, -0.05) is 6.07 Å². The molecule has 7 nitrogen and oxygen atoms in total. The Balaban J connectivity index is 2.69. The number of nitrogens with two attached hydrogens (primary N) is 1. The Hall–Kier alpha value is -2.11. The number of amides is 1. The summed E-state index contributed by atoms with van der Waals surface area (Å²) in [5.74, 6) is 0. The number of primary amides is 1. The third-order valence-electron chi connectivity index (χ3n) is 1.91. The number of nitrogens with zero attached hydrogens (tertiary/aromatic N) is 1. The quantitative estimate of drug-likeness (QED) is 0.724. The van der Waals surface area contributed by atoms with Crippen molar-refractivity contribution in [1.82, 2.24) is 4.72 Å². The van der Waals surface area contributed by atoms with Crippen LogP contribution in [0, 0.1) is 11.3 Å². The number of rotatable bonds is 5. The fraction of sp³-hybridized carbons (Fsp3) is 0.200. The van der Waals surface area contributed by atoms with E-state index >= 15 is 0 Å². The van der Waals surface area contributed by atoms with Crippen molar-refractivity contribution < 1.29 is 17.9 Å². The van der Waals surface area contributed by atoms with Crippen LogP contribution in [-0.2, 0) is 14.8 Å². The highest BCUT2D eigenvalue weighted by atomic mass is 32.2. The number of nitriles is 1. The van der Waals surface area contributed by atoms with Gasteiger partial charge in [-0.15, -0.1) is 0 Å². The molecule has 0 bridgehead atoms. The molecule has 0 unspecified atom stereocenters. The molecular weight excluding hydrogens is 258 g/mol. The number of sulfonamides is 1. The van der Waals surface area contributed by atoms with Gasteiger partial charge in [-0.25, -0.2) is 17.9 Å². The van der Waals surface area contributed by atoms with E-state index in [4.69, 9.17) is 11.0 Å². The molecule has 0 atom stereocenters. The Morgan fingerprint density at radius 1 is 1.50 bits per heavy atom. The maximum atomic E-state index is 11.8. The molecule has 0 aliphatic carbocycles. The lowest BCUT2D eigenvalue weighted by atomic mass is 10.2. The summed E-state index contributed by atoms with van der Waals surface area (Å²) in [6.45, 7) is -0.255. The number of carbonyl (C=O) groups is 1. The Morgan fingerprint density at radius 3 is 2.83 bits per heavy atom. The van der Waals surface area contributed by atoms with Crippen LogP contribution in [0.4, 0.5) is 4.79 Å². The first-order valence-corrected chi connectivity index (χ1v) is 6.36. The fourth-order valence-electron chi connectivity index (χ4n) is 1.14. The third kappa shape index (κ3) is 4.04. The molecule has 1 amide bonds. The second-order valence-corrected chi connectivity index (χ2v) is 4.97. The van der Waals surface area contributed by atoms with Gasteiger partial charge in [0.2, 0.25) is 10.0 Å². The summed E-state index contributed by atoms with van der Waals surface area (Å²) in [5.41, 5.74) is 4.96. The Kier molecular flexibility index (Phi) is 4.65. The number of ether oxygens (including phenoxy) is 1. The van der Waals surface area contributed by atoms with Crippen LogP contribution >= 0.6 is 0 Å². The normalized spacial score (nSPS) is 10.6. The van der Waals surface area contributed by atoms with Crippen molar-refractivity contribution in [3.05, 3.63) is 29.8 Å². The highest BCUT2D eigenvalue weighted by Gasteiger charge is 2.13. The van der Waals surface area contributed by atoms with Gasteiger partial charge >= 0.3 is 6.09 Å². The highest BCUT2D eigenvalue weighted by Crippen LogP contribution is 2.10. The standard InChI is InChI=1S/C10H11N3O4S/c11-7-8-2-1-3-9(6-8)18(15,16)13-4-5-17-10(12)14/h1-3,6,13H,4-5H2,(H2,12,14). The zero-order valence-corrected chi connectivity index (χ0v) is 10.1. The molecule has 0 fully saturated rings. The molecule has 0 radical (unpaired) electrons. The Labute approximate surface area is 104 Å². The van der Waals surface area contributed by atoms with E-state index in [2.05, 4.69) is 9.46 Å². The van der Waals surface area contributed by atoms with Gasteiger partial charge in [0, 0.05) is 6.54 Å². The van der Waals surface area contributed by atoms with E-state index in [1.165, 1.54) is 24.3 Å². The molecule has 8 heteroatoms. The number of hydrogen-bond acceptors (Lipinski definition) is 5. The van der Waals surface area contributed by atoms with Gasteiger partial charge in [-0.3, -0.25) is 0 Å². The largest absolute Gasteiger partial charge is 0.448 e. The van der Waals surface area contributed by atoms with Crippen LogP contribution in [0.2, 0.25) is 0 Å². The van der Waals surface area contributed by atoms with Gasteiger partial charge in [0.05, 0.1) is 16.5 Å². The zero-order valence-electron chi connectivity index (χ0n) is 9.29. The number of nitrogens with one attached hydrogen (secondary N) is 1. The van der Waals surface area contributed by atoms with E-state index in [9.17, 15) is 13.2 Å². The molecule has 0 saturated carbocycles. The predicted molar refractivity (Wildman–Crippen MR) is 61.9 cm³/mol. The van der Waals surface area contributed by atoms with Crippen molar-refractivity contribution in [1.29, 1.82) is 5.26 Å². The molecule has 0 saturated heterocycles. The SMILES string of the molecule is N#Cc1cccc(S(=O)(=O)NCCOC(N)=O)c1. The van der Waals surface area contributed by atoms with Gasteiger partial charge in [-0.2, -0.15) is 5.26 Å².